The number of alkyl halides is 3. The molecule has 1 saturated carbocycles. The van der Waals surface area contributed by atoms with E-state index < -0.39 is 11.7 Å². The van der Waals surface area contributed by atoms with Crippen LogP contribution in [0.2, 0.25) is 0 Å². The number of benzene rings is 1. The van der Waals surface area contributed by atoms with E-state index in [1.807, 2.05) is 0 Å². The van der Waals surface area contributed by atoms with Gasteiger partial charge < -0.3 is 10.4 Å². The molecule has 0 aliphatic heterocycles. The number of rotatable bonds is 4. The highest BCUT2D eigenvalue weighted by Crippen LogP contribution is 2.29. The molecule has 0 bridgehead atoms. The molecule has 0 aromatic heterocycles. The first kappa shape index (κ1) is 17.5. The van der Waals surface area contributed by atoms with Gasteiger partial charge in [-0.2, -0.15) is 13.2 Å². The Hall–Kier alpha value is -1.82. The SMILES string of the molecule is O=C(C=Cc1cccc(C(F)(F)F)c1)NCC1CCCC(O)C1. The fourth-order valence-electron chi connectivity index (χ4n) is 2.74. The maximum Gasteiger partial charge on any atom is 0.416 e. The van der Waals surface area contributed by atoms with Gasteiger partial charge in [-0.05, 0) is 49.0 Å². The topological polar surface area (TPSA) is 49.3 Å². The molecule has 1 aromatic carbocycles. The summed E-state index contributed by atoms with van der Waals surface area (Å²) in [5.74, 6) is -0.0906. The number of carbonyl (C=O) groups excluding carboxylic acids is 1. The summed E-state index contributed by atoms with van der Waals surface area (Å²) in [6.07, 6.45) is 1.29. The number of hydrogen-bond donors (Lipinski definition) is 2. The first-order valence-corrected chi connectivity index (χ1v) is 7.66. The van der Waals surface area contributed by atoms with Crippen LogP contribution in [0.1, 0.15) is 36.8 Å². The average molecular weight is 327 g/mol. The van der Waals surface area contributed by atoms with Crippen LogP contribution < -0.4 is 5.32 Å². The van der Waals surface area contributed by atoms with Crippen LogP contribution in [0.3, 0.4) is 0 Å². The van der Waals surface area contributed by atoms with Crippen LogP contribution in [0.15, 0.2) is 30.3 Å². The summed E-state index contributed by atoms with van der Waals surface area (Å²) in [4.78, 5) is 11.7. The van der Waals surface area contributed by atoms with Gasteiger partial charge in [0.05, 0.1) is 11.7 Å². The molecule has 1 amide bonds. The normalized spacial score (nSPS) is 22.3. The van der Waals surface area contributed by atoms with Crippen molar-refractivity contribution in [2.75, 3.05) is 6.54 Å². The van der Waals surface area contributed by atoms with Crippen molar-refractivity contribution in [3.05, 3.63) is 41.5 Å². The van der Waals surface area contributed by atoms with Crippen molar-refractivity contribution >= 4 is 12.0 Å². The third kappa shape index (κ3) is 5.71. The first-order valence-electron chi connectivity index (χ1n) is 7.66. The molecule has 0 heterocycles. The Morgan fingerprint density at radius 2 is 2.13 bits per heavy atom. The van der Waals surface area contributed by atoms with E-state index in [1.165, 1.54) is 24.3 Å². The maximum absolute atomic E-state index is 12.6. The van der Waals surface area contributed by atoms with Crippen LogP contribution in [-0.4, -0.2) is 23.7 Å². The summed E-state index contributed by atoms with van der Waals surface area (Å²) in [5, 5.41) is 12.3. The molecule has 0 radical (unpaired) electrons. The first-order chi connectivity index (χ1) is 10.8. The Balaban J connectivity index is 1.86. The van der Waals surface area contributed by atoms with Gasteiger partial charge in [0.2, 0.25) is 5.91 Å². The fourth-order valence-corrected chi connectivity index (χ4v) is 2.74. The van der Waals surface area contributed by atoms with E-state index in [-0.39, 0.29) is 17.9 Å². The zero-order chi connectivity index (χ0) is 16.9. The molecule has 1 fully saturated rings. The van der Waals surface area contributed by atoms with Gasteiger partial charge in [-0.1, -0.05) is 18.6 Å². The quantitative estimate of drug-likeness (QED) is 0.833. The van der Waals surface area contributed by atoms with Crippen molar-refractivity contribution in [1.82, 2.24) is 5.32 Å². The Bertz CT molecular complexity index is 569. The number of nitrogens with one attached hydrogen (secondary N) is 1. The summed E-state index contributed by atoms with van der Waals surface area (Å²) < 4.78 is 37.8. The van der Waals surface area contributed by atoms with Crippen LogP contribution in [0.5, 0.6) is 0 Å². The van der Waals surface area contributed by atoms with Crippen molar-refractivity contribution < 1.29 is 23.1 Å². The number of aliphatic hydroxyl groups excluding tert-OH is 1. The molecule has 2 N–H and O–H groups in total. The van der Waals surface area contributed by atoms with Crippen LogP contribution in [0.4, 0.5) is 13.2 Å². The largest absolute Gasteiger partial charge is 0.416 e. The number of aliphatic hydroxyl groups is 1. The predicted molar refractivity (Wildman–Crippen MR) is 81.5 cm³/mol. The Labute approximate surface area is 133 Å². The summed E-state index contributed by atoms with van der Waals surface area (Å²) >= 11 is 0. The molecule has 1 aliphatic carbocycles. The summed E-state index contributed by atoms with van der Waals surface area (Å²) in [7, 11) is 0. The van der Waals surface area contributed by atoms with Crippen LogP contribution >= 0.6 is 0 Å². The molecule has 3 nitrogen and oxygen atoms in total. The van der Waals surface area contributed by atoms with Crippen LogP contribution in [0, 0.1) is 5.92 Å². The summed E-state index contributed by atoms with van der Waals surface area (Å²) in [5.41, 5.74) is -0.417. The lowest BCUT2D eigenvalue weighted by atomic mass is 9.87. The highest BCUT2D eigenvalue weighted by Gasteiger charge is 2.30. The molecule has 1 aromatic rings. The highest BCUT2D eigenvalue weighted by molar-refractivity contribution is 5.91. The summed E-state index contributed by atoms with van der Waals surface area (Å²) in [6.45, 7) is 0.475. The molecule has 6 heteroatoms. The Morgan fingerprint density at radius 3 is 2.83 bits per heavy atom. The van der Waals surface area contributed by atoms with Gasteiger partial charge in [0.1, 0.15) is 0 Å². The lowest BCUT2D eigenvalue weighted by Gasteiger charge is -2.25. The van der Waals surface area contributed by atoms with Crippen molar-refractivity contribution in [2.24, 2.45) is 5.92 Å². The summed E-state index contributed by atoms with van der Waals surface area (Å²) in [6, 6.07) is 4.81. The maximum atomic E-state index is 12.6. The van der Waals surface area contributed by atoms with Gasteiger partial charge in [0.15, 0.2) is 0 Å². The molecule has 2 atom stereocenters. The molecular formula is C17H20F3NO2. The molecule has 2 rings (SSSR count). The van der Waals surface area contributed by atoms with E-state index >= 15 is 0 Å². The standard InChI is InChI=1S/C17H20F3NO2/c18-17(19,20)14-5-1-3-12(9-14)7-8-16(23)21-11-13-4-2-6-15(22)10-13/h1,3,5,7-9,13,15,22H,2,4,6,10-11H2,(H,21,23). The van der Waals surface area contributed by atoms with E-state index in [0.717, 1.165) is 31.4 Å². The molecule has 0 spiro atoms. The van der Waals surface area contributed by atoms with Crippen LogP contribution in [0.25, 0.3) is 6.08 Å². The minimum absolute atomic E-state index is 0.254. The lowest BCUT2D eigenvalue weighted by Crippen LogP contribution is -2.32. The third-order valence-electron chi connectivity index (χ3n) is 3.96. The zero-order valence-electron chi connectivity index (χ0n) is 12.6. The number of halogens is 3. The highest BCUT2D eigenvalue weighted by atomic mass is 19.4. The second-order valence-corrected chi connectivity index (χ2v) is 5.89. The average Bonchev–Trinajstić information content (AvgIpc) is 2.50. The smallest absolute Gasteiger partial charge is 0.393 e. The van der Waals surface area contributed by atoms with Gasteiger partial charge in [0.25, 0.3) is 0 Å². The number of hydrogen-bond acceptors (Lipinski definition) is 2. The second-order valence-electron chi connectivity index (χ2n) is 5.89. The van der Waals surface area contributed by atoms with E-state index in [9.17, 15) is 23.1 Å². The lowest BCUT2D eigenvalue weighted by molar-refractivity contribution is -0.137. The van der Waals surface area contributed by atoms with E-state index in [4.69, 9.17) is 0 Å². The molecule has 0 saturated heterocycles. The van der Waals surface area contributed by atoms with E-state index in [2.05, 4.69) is 5.32 Å². The fraction of sp³-hybridized carbons (Fsp3) is 0.471. The van der Waals surface area contributed by atoms with E-state index in [0.29, 0.717) is 18.5 Å². The van der Waals surface area contributed by atoms with Gasteiger partial charge in [-0.3, -0.25) is 4.79 Å². The monoisotopic (exact) mass is 327 g/mol. The van der Waals surface area contributed by atoms with Crippen molar-refractivity contribution in [1.29, 1.82) is 0 Å². The second kappa shape index (κ2) is 7.64. The molecular weight excluding hydrogens is 307 g/mol. The molecule has 126 valence electrons. The van der Waals surface area contributed by atoms with Gasteiger partial charge in [-0.15, -0.1) is 0 Å². The van der Waals surface area contributed by atoms with Gasteiger partial charge in [-0.25, -0.2) is 0 Å². The number of amides is 1. The molecule has 2 unspecified atom stereocenters. The van der Waals surface area contributed by atoms with E-state index in [1.54, 1.807) is 0 Å². The minimum atomic E-state index is -4.39. The van der Waals surface area contributed by atoms with Crippen molar-refractivity contribution in [2.45, 2.75) is 38.0 Å². The van der Waals surface area contributed by atoms with Crippen molar-refractivity contribution in [3.8, 4) is 0 Å². The number of carbonyl (C=O) groups is 1. The predicted octanol–water partition coefficient (Wildman–Crippen LogP) is 3.39. The minimum Gasteiger partial charge on any atom is -0.393 e. The Kier molecular flexibility index (Phi) is 5.82. The van der Waals surface area contributed by atoms with Crippen molar-refractivity contribution in [3.63, 3.8) is 0 Å². The molecule has 1 aliphatic rings. The molecule has 23 heavy (non-hydrogen) atoms. The van der Waals surface area contributed by atoms with Gasteiger partial charge >= 0.3 is 6.18 Å². The Morgan fingerprint density at radius 1 is 1.35 bits per heavy atom. The van der Waals surface area contributed by atoms with Crippen LogP contribution in [-0.2, 0) is 11.0 Å². The van der Waals surface area contributed by atoms with Gasteiger partial charge in [0, 0.05) is 12.6 Å². The zero-order valence-corrected chi connectivity index (χ0v) is 12.6. The third-order valence-corrected chi connectivity index (χ3v) is 3.96.